The number of thiophene rings is 1. The van der Waals surface area contributed by atoms with Crippen LogP contribution in [0.2, 0.25) is 0 Å². The molecule has 2 aromatic heterocycles. The molecular formula is C18H18BFN2O2S. The van der Waals surface area contributed by atoms with Crippen molar-refractivity contribution in [1.29, 1.82) is 5.26 Å². The van der Waals surface area contributed by atoms with Gasteiger partial charge in [-0.15, -0.1) is 11.3 Å². The highest BCUT2D eigenvalue weighted by Crippen LogP contribution is 2.39. The quantitative estimate of drug-likeness (QED) is 0.753. The van der Waals surface area contributed by atoms with Gasteiger partial charge in [-0.05, 0) is 58.0 Å². The second kappa shape index (κ2) is 6.38. The van der Waals surface area contributed by atoms with Crippen molar-refractivity contribution in [3.63, 3.8) is 0 Å². The molecule has 4 nitrogen and oxygen atoms in total. The first-order valence-corrected chi connectivity index (χ1v) is 8.72. The molecule has 0 radical (unpaired) electrons. The minimum atomic E-state index is -0.997. The van der Waals surface area contributed by atoms with E-state index in [4.69, 9.17) is 14.6 Å². The molecule has 1 aliphatic heterocycles. The third-order valence-electron chi connectivity index (χ3n) is 4.53. The van der Waals surface area contributed by atoms with Crippen LogP contribution in [0, 0.1) is 11.3 Å². The molecule has 3 heterocycles. The molecule has 0 bridgehead atoms. The van der Waals surface area contributed by atoms with Crippen molar-refractivity contribution in [3.8, 4) is 16.6 Å². The Bertz CT molecular complexity index is 837. The van der Waals surface area contributed by atoms with E-state index in [2.05, 4.69) is 4.98 Å². The van der Waals surface area contributed by atoms with Crippen molar-refractivity contribution in [2.75, 3.05) is 0 Å². The fourth-order valence-corrected chi connectivity index (χ4v) is 3.26. The largest absolute Gasteiger partial charge is 0.525 e. The zero-order chi connectivity index (χ0) is 18.2. The van der Waals surface area contributed by atoms with Crippen molar-refractivity contribution in [1.82, 2.24) is 4.98 Å². The van der Waals surface area contributed by atoms with Crippen molar-refractivity contribution in [2.45, 2.75) is 38.9 Å². The van der Waals surface area contributed by atoms with E-state index in [0.29, 0.717) is 5.56 Å². The smallest absolute Gasteiger partial charge is 0.398 e. The lowest BCUT2D eigenvalue weighted by atomic mass is 9.87. The molecule has 0 aromatic carbocycles. The molecule has 0 aliphatic carbocycles. The number of nitrogens with zero attached hydrogens (tertiary/aromatic N) is 2. The van der Waals surface area contributed by atoms with Gasteiger partial charge in [0.1, 0.15) is 11.8 Å². The lowest BCUT2D eigenvalue weighted by Crippen LogP contribution is -2.41. The van der Waals surface area contributed by atoms with Gasteiger partial charge in [-0.1, -0.05) is 0 Å². The van der Waals surface area contributed by atoms with Crippen LogP contribution in [0.15, 0.2) is 36.2 Å². The Morgan fingerprint density at radius 1 is 1.20 bits per heavy atom. The number of rotatable bonds is 3. The van der Waals surface area contributed by atoms with E-state index in [9.17, 15) is 4.39 Å². The van der Waals surface area contributed by atoms with E-state index in [1.807, 2.05) is 45.9 Å². The van der Waals surface area contributed by atoms with Crippen LogP contribution in [0.4, 0.5) is 4.39 Å². The minimum Gasteiger partial charge on any atom is -0.398 e. The van der Waals surface area contributed by atoms with Crippen LogP contribution in [-0.2, 0) is 9.31 Å². The number of hydrogen-bond acceptors (Lipinski definition) is 5. The van der Waals surface area contributed by atoms with E-state index in [-0.39, 0.29) is 0 Å². The molecule has 0 unspecified atom stereocenters. The van der Waals surface area contributed by atoms with Gasteiger partial charge in [0.05, 0.1) is 27.3 Å². The summed E-state index contributed by atoms with van der Waals surface area (Å²) in [5.74, 6) is 0. The molecule has 0 atom stereocenters. The summed E-state index contributed by atoms with van der Waals surface area (Å²) in [5, 5.41) is 8.82. The van der Waals surface area contributed by atoms with Gasteiger partial charge in [0.2, 0.25) is 0 Å². The van der Waals surface area contributed by atoms with Crippen LogP contribution in [0.3, 0.4) is 0 Å². The van der Waals surface area contributed by atoms with Crippen LogP contribution < -0.4 is 0 Å². The van der Waals surface area contributed by atoms with Gasteiger partial charge in [0.25, 0.3) is 0 Å². The minimum absolute atomic E-state index is 0.458. The number of pyridine rings is 1. The summed E-state index contributed by atoms with van der Waals surface area (Å²) in [7, 11) is -0.997. The molecule has 1 fully saturated rings. The average molecular weight is 356 g/mol. The highest BCUT2D eigenvalue weighted by molar-refractivity contribution is 7.16. The molecule has 2 aromatic rings. The Hall–Kier alpha value is -2.01. The zero-order valence-electron chi connectivity index (χ0n) is 14.5. The van der Waals surface area contributed by atoms with Crippen LogP contribution in [-0.4, -0.2) is 23.3 Å². The van der Waals surface area contributed by atoms with Crippen LogP contribution >= 0.6 is 11.3 Å². The average Bonchev–Trinajstić information content (AvgIpc) is 3.10. The first-order valence-electron chi connectivity index (χ1n) is 7.91. The summed E-state index contributed by atoms with van der Waals surface area (Å²) in [5.41, 5.74) is -0.349. The second-order valence-electron chi connectivity index (χ2n) is 6.86. The predicted octanol–water partition coefficient (Wildman–Crippen LogP) is 4.62. The van der Waals surface area contributed by atoms with E-state index >= 15 is 0 Å². The monoisotopic (exact) mass is 356 g/mol. The van der Waals surface area contributed by atoms with Gasteiger partial charge < -0.3 is 9.31 Å². The molecule has 128 valence electrons. The maximum atomic E-state index is 14.6. The van der Waals surface area contributed by atoms with E-state index in [0.717, 1.165) is 15.4 Å². The predicted molar refractivity (Wildman–Crippen MR) is 97.4 cm³/mol. The van der Waals surface area contributed by atoms with Crippen LogP contribution in [0.1, 0.15) is 38.1 Å². The third-order valence-corrected chi connectivity index (χ3v) is 5.59. The molecule has 1 aliphatic rings. The van der Waals surface area contributed by atoms with E-state index in [1.54, 1.807) is 12.1 Å². The first-order chi connectivity index (χ1) is 11.7. The summed E-state index contributed by atoms with van der Waals surface area (Å²) in [6.45, 7) is 7.56. The molecule has 1 saturated heterocycles. The Balaban J connectivity index is 1.78. The Morgan fingerprint density at radius 3 is 2.44 bits per heavy atom. The lowest BCUT2D eigenvalue weighted by molar-refractivity contribution is 0.00578. The Kier molecular flexibility index (Phi) is 4.54. The van der Waals surface area contributed by atoms with Gasteiger partial charge in [-0.25, -0.2) is 4.39 Å². The molecule has 7 heteroatoms. The molecular weight excluding hydrogens is 338 g/mol. The fourth-order valence-electron chi connectivity index (χ4n) is 2.33. The third kappa shape index (κ3) is 3.52. The number of nitriles is 1. The molecule has 0 amide bonds. The number of hydrogen-bond donors (Lipinski definition) is 0. The van der Waals surface area contributed by atoms with Gasteiger partial charge in [0, 0.05) is 11.1 Å². The van der Waals surface area contributed by atoms with Crippen LogP contribution in [0.25, 0.3) is 16.6 Å². The summed E-state index contributed by atoms with van der Waals surface area (Å²) < 4.78 is 26.0. The summed E-state index contributed by atoms with van der Waals surface area (Å²) in [6, 6.07) is 9.23. The van der Waals surface area contributed by atoms with Crippen LogP contribution in [0.5, 0.6) is 0 Å². The van der Waals surface area contributed by atoms with Crippen molar-refractivity contribution >= 4 is 24.5 Å². The standard InChI is InChI=1S/C18H18BFN2O2S/c1-17(2)18(3,4)24-19(23-17)16(20)9-13-6-8-15(25-13)14-7-5-12(10-21)11-22-14/h5-9,11H,1-4H3. The van der Waals surface area contributed by atoms with Gasteiger partial charge in [-0.3, -0.25) is 4.98 Å². The van der Waals surface area contributed by atoms with Crippen molar-refractivity contribution in [2.24, 2.45) is 0 Å². The molecule has 0 N–H and O–H groups in total. The number of halogens is 1. The molecule has 0 saturated carbocycles. The summed E-state index contributed by atoms with van der Waals surface area (Å²) >= 11 is 1.41. The maximum absolute atomic E-state index is 14.6. The maximum Gasteiger partial charge on any atom is 0.525 e. The van der Waals surface area contributed by atoms with E-state index in [1.165, 1.54) is 23.6 Å². The van der Waals surface area contributed by atoms with Crippen molar-refractivity contribution in [3.05, 3.63) is 46.6 Å². The normalized spacial score (nSPS) is 19.0. The lowest BCUT2D eigenvalue weighted by Gasteiger charge is -2.32. The first kappa shape index (κ1) is 17.8. The van der Waals surface area contributed by atoms with Gasteiger partial charge in [0.15, 0.2) is 0 Å². The Labute approximate surface area is 151 Å². The van der Waals surface area contributed by atoms with Crippen molar-refractivity contribution < 1.29 is 13.7 Å². The highest BCUT2D eigenvalue weighted by Gasteiger charge is 2.53. The second-order valence-corrected chi connectivity index (χ2v) is 7.98. The summed E-state index contributed by atoms with van der Waals surface area (Å²) in [6.07, 6.45) is 2.95. The SMILES string of the molecule is CC1(C)OB(C(F)=Cc2ccc(-c3ccc(C#N)cn3)s2)OC1(C)C. The molecule has 0 spiro atoms. The topological polar surface area (TPSA) is 55.1 Å². The summed E-state index contributed by atoms with van der Waals surface area (Å²) in [4.78, 5) is 5.90. The highest BCUT2D eigenvalue weighted by atomic mass is 32.1. The number of aromatic nitrogens is 1. The zero-order valence-corrected chi connectivity index (χ0v) is 15.4. The molecule has 3 rings (SSSR count). The van der Waals surface area contributed by atoms with E-state index < -0.39 is 24.0 Å². The Morgan fingerprint density at radius 2 is 1.88 bits per heavy atom. The van der Waals surface area contributed by atoms with Gasteiger partial charge in [-0.2, -0.15) is 5.26 Å². The molecule has 25 heavy (non-hydrogen) atoms. The van der Waals surface area contributed by atoms with Gasteiger partial charge >= 0.3 is 7.12 Å². The fraction of sp³-hybridized carbons (Fsp3) is 0.333.